The Morgan fingerprint density at radius 3 is 2.28 bits per heavy atom. The van der Waals surface area contributed by atoms with Gasteiger partial charge in [-0.25, -0.2) is 9.97 Å². The summed E-state index contributed by atoms with van der Waals surface area (Å²) in [4.78, 5) is 9.50. The Kier molecular flexibility index (Phi) is 5.33. The van der Waals surface area contributed by atoms with E-state index >= 15 is 0 Å². The standard InChI is InChI=1S/C23H20N4O2/c1-28-18-13-12-17(21(14-18)29-2)15-24-27-23-22(16-8-4-3-5-9-16)25-19-10-6-7-11-20(19)26-23/h3-15H,1-2H3,(H,26,27)/b24-15-. The van der Waals surface area contributed by atoms with E-state index in [4.69, 9.17) is 19.4 Å². The summed E-state index contributed by atoms with van der Waals surface area (Å²) in [5.74, 6) is 1.97. The van der Waals surface area contributed by atoms with Crippen molar-refractivity contribution in [3.05, 3.63) is 78.4 Å². The Morgan fingerprint density at radius 1 is 0.828 bits per heavy atom. The van der Waals surface area contributed by atoms with Gasteiger partial charge in [0.1, 0.15) is 17.2 Å². The van der Waals surface area contributed by atoms with E-state index in [1.165, 1.54) is 0 Å². The van der Waals surface area contributed by atoms with Gasteiger partial charge in [0.05, 0.1) is 31.5 Å². The molecule has 29 heavy (non-hydrogen) atoms. The van der Waals surface area contributed by atoms with E-state index in [1.54, 1.807) is 20.4 Å². The first-order valence-corrected chi connectivity index (χ1v) is 9.12. The van der Waals surface area contributed by atoms with Gasteiger partial charge in [-0.15, -0.1) is 0 Å². The van der Waals surface area contributed by atoms with Gasteiger partial charge in [0.25, 0.3) is 0 Å². The van der Waals surface area contributed by atoms with Crippen LogP contribution < -0.4 is 14.9 Å². The average Bonchev–Trinajstić information content (AvgIpc) is 2.79. The second-order valence-corrected chi connectivity index (χ2v) is 6.25. The molecule has 4 rings (SSSR count). The van der Waals surface area contributed by atoms with Crippen molar-refractivity contribution in [1.82, 2.24) is 9.97 Å². The minimum Gasteiger partial charge on any atom is -0.497 e. The van der Waals surface area contributed by atoms with Gasteiger partial charge in [0.2, 0.25) is 0 Å². The summed E-state index contributed by atoms with van der Waals surface area (Å²) in [6.07, 6.45) is 1.68. The topological polar surface area (TPSA) is 68.6 Å². The van der Waals surface area contributed by atoms with Crippen LogP contribution in [0, 0.1) is 0 Å². The Bertz CT molecular complexity index is 1160. The molecule has 0 aliphatic carbocycles. The lowest BCUT2D eigenvalue weighted by atomic mass is 10.1. The van der Waals surface area contributed by atoms with Gasteiger partial charge in [-0.3, -0.25) is 5.43 Å². The summed E-state index contributed by atoms with van der Waals surface area (Å²) in [6, 6.07) is 23.2. The number of ether oxygens (including phenoxy) is 2. The van der Waals surface area contributed by atoms with Crippen LogP contribution in [-0.2, 0) is 0 Å². The van der Waals surface area contributed by atoms with Crippen molar-refractivity contribution < 1.29 is 9.47 Å². The molecule has 144 valence electrons. The van der Waals surface area contributed by atoms with Crippen molar-refractivity contribution in [2.75, 3.05) is 19.6 Å². The van der Waals surface area contributed by atoms with Crippen LogP contribution in [0.2, 0.25) is 0 Å². The van der Waals surface area contributed by atoms with Gasteiger partial charge in [-0.05, 0) is 24.3 Å². The van der Waals surface area contributed by atoms with E-state index < -0.39 is 0 Å². The molecule has 3 aromatic carbocycles. The number of para-hydroxylation sites is 2. The quantitative estimate of drug-likeness (QED) is 0.383. The first-order chi connectivity index (χ1) is 14.3. The zero-order valence-corrected chi connectivity index (χ0v) is 16.2. The lowest BCUT2D eigenvalue weighted by Crippen LogP contribution is -2.00. The summed E-state index contributed by atoms with van der Waals surface area (Å²) in [7, 11) is 3.23. The number of nitrogens with zero attached hydrogens (tertiary/aromatic N) is 3. The van der Waals surface area contributed by atoms with Gasteiger partial charge < -0.3 is 9.47 Å². The maximum Gasteiger partial charge on any atom is 0.173 e. The normalized spacial score (nSPS) is 11.0. The predicted molar refractivity (Wildman–Crippen MR) is 116 cm³/mol. The first kappa shape index (κ1) is 18.4. The third-order valence-corrected chi connectivity index (χ3v) is 4.43. The highest BCUT2D eigenvalue weighted by molar-refractivity contribution is 5.86. The van der Waals surface area contributed by atoms with Crippen LogP contribution in [0.4, 0.5) is 5.82 Å². The van der Waals surface area contributed by atoms with Crippen molar-refractivity contribution in [2.24, 2.45) is 5.10 Å². The molecule has 0 aliphatic rings. The highest BCUT2D eigenvalue weighted by atomic mass is 16.5. The molecule has 0 saturated heterocycles. The fourth-order valence-electron chi connectivity index (χ4n) is 2.96. The van der Waals surface area contributed by atoms with Crippen LogP contribution >= 0.6 is 0 Å². The van der Waals surface area contributed by atoms with Crippen molar-refractivity contribution in [1.29, 1.82) is 0 Å². The third kappa shape index (κ3) is 4.01. The maximum absolute atomic E-state index is 5.41. The second kappa shape index (κ2) is 8.39. The predicted octanol–water partition coefficient (Wildman–Crippen LogP) is 4.76. The molecular formula is C23H20N4O2. The molecule has 4 aromatic rings. The lowest BCUT2D eigenvalue weighted by Gasteiger charge is -2.10. The lowest BCUT2D eigenvalue weighted by molar-refractivity contribution is 0.394. The summed E-state index contributed by atoms with van der Waals surface area (Å²) in [5, 5.41) is 4.37. The minimum atomic E-state index is 0.582. The van der Waals surface area contributed by atoms with Crippen LogP contribution in [0.3, 0.4) is 0 Å². The Morgan fingerprint density at radius 2 is 1.55 bits per heavy atom. The highest BCUT2D eigenvalue weighted by Gasteiger charge is 2.10. The van der Waals surface area contributed by atoms with E-state index in [1.807, 2.05) is 72.8 Å². The number of fused-ring (bicyclic) bond motifs is 1. The largest absolute Gasteiger partial charge is 0.497 e. The molecule has 0 spiro atoms. The molecule has 0 aliphatic heterocycles. The molecule has 0 unspecified atom stereocenters. The van der Waals surface area contributed by atoms with Crippen LogP contribution in [-0.4, -0.2) is 30.4 Å². The van der Waals surface area contributed by atoms with Gasteiger partial charge in [-0.1, -0.05) is 42.5 Å². The number of aromatic nitrogens is 2. The summed E-state index contributed by atoms with van der Waals surface area (Å²) in [6.45, 7) is 0. The zero-order valence-electron chi connectivity index (χ0n) is 16.2. The smallest absolute Gasteiger partial charge is 0.173 e. The second-order valence-electron chi connectivity index (χ2n) is 6.25. The molecule has 0 radical (unpaired) electrons. The molecule has 1 heterocycles. The van der Waals surface area contributed by atoms with Gasteiger partial charge in [0.15, 0.2) is 5.82 Å². The molecule has 1 N–H and O–H groups in total. The van der Waals surface area contributed by atoms with E-state index in [0.717, 1.165) is 33.6 Å². The monoisotopic (exact) mass is 384 g/mol. The molecule has 0 saturated carbocycles. The number of hydrazone groups is 1. The Balaban J connectivity index is 1.69. The van der Waals surface area contributed by atoms with E-state index in [2.05, 4.69) is 10.5 Å². The summed E-state index contributed by atoms with van der Waals surface area (Å²) < 4.78 is 10.6. The average molecular weight is 384 g/mol. The molecule has 1 aromatic heterocycles. The summed E-state index contributed by atoms with van der Waals surface area (Å²) >= 11 is 0. The minimum absolute atomic E-state index is 0.582. The Labute approximate surface area is 168 Å². The van der Waals surface area contributed by atoms with E-state index in [0.29, 0.717) is 11.6 Å². The molecule has 6 heteroatoms. The molecule has 6 nitrogen and oxygen atoms in total. The SMILES string of the molecule is COc1ccc(/C=N\Nc2nc3ccccc3nc2-c2ccccc2)c(OC)c1. The van der Waals surface area contributed by atoms with Crippen LogP contribution in [0.25, 0.3) is 22.3 Å². The van der Waals surface area contributed by atoms with Crippen molar-refractivity contribution >= 4 is 23.1 Å². The van der Waals surface area contributed by atoms with E-state index in [9.17, 15) is 0 Å². The number of anilines is 1. The number of benzene rings is 3. The number of methoxy groups -OCH3 is 2. The molecule has 0 fully saturated rings. The van der Waals surface area contributed by atoms with Gasteiger partial charge in [0, 0.05) is 17.2 Å². The molecule has 0 bridgehead atoms. The van der Waals surface area contributed by atoms with E-state index in [-0.39, 0.29) is 0 Å². The van der Waals surface area contributed by atoms with Crippen LogP contribution in [0.1, 0.15) is 5.56 Å². The fourth-order valence-corrected chi connectivity index (χ4v) is 2.96. The fraction of sp³-hybridized carbons (Fsp3) is 0.0870. The molecule has 0 atom stereocenters. The van der Waals surface area contributed by atoms with Crippen molar-refractivity contribution in [3.8, 4) is 22.8 Å². The van der Waals surface area contributed by atoms with Crippen LogP contribution in [0.5, 0.6) is 11.5 Å². The van der Waals surface area contributed by atoms with Crippen LogP contribution in [0.15, 0.2) is 77.9 Å². The van der Waals surface area contributed by atoms with Crippen molar-refractivity contribution in [2.45, 2.75) is 0 Å². The van der Waals surface area contributed by atoms with Gasteiger partial charge in [-0.2, -0.15) is 5.10 Å². The zero-order chi connectivity index (χ0) is 20.1. The molecule has 0 amide bonds. The Hall–Kier alpha value is -3.93. The maximum atomic E-state index is 5.41. The van der Waals surface area contributed by atoms with Crippen molar-refractivity contribution in [3.63, 3.8) is 0 Å². The number of rotatable bonds is 6. The summed E-state index contributed by atoms with van der Waals surface area (Å²) in [5.41, 5.74) is 7.19. The third-order valence-electron chi connectivity index (χ3n) is 4.43. The number of hydrogen-bond acceptors (Lipinski definition) is 6. The molecular weight excluding hydrogens is 364 g/mol. The highest BCUT2D eigenvalue weighted by Crippen LogP contribution is 2.27. The number of nitrogens with one attached hydrogen (secondary N) is 1. The van der Waals surface area contributed by atoms with Gasteiger partial charge >= 0.3 is 0 Å². The first-order valence-electron chi connectivity index (χ1n) is 9.12. The number of hydrogen-bond donors (Lipinski definition) is 1.